The summed E-state index contributed by atoms with van der Waals surface area (Å²) in [5.74, 6) is -2.57. The van der Waals surface area contributed by atoms with Crippen molar-refractivity contribution < 1.29 is 24.6 Å². The van der Waals surface area contributed by atoms with Crippen LogP contribution in [0.3, 0.4) is 0 Å². The molecule has 0 bridgehead atoms. The second-order valence-electron chi connectivity index (χ2n) is 4.10. The number of hydrogen-bond donors (Lipinski definition) is 2. The van der Waals surface area contributed by atoms with Gasteiger partial charge in [0.2, 0.25) is 11.6 Å². The van der Waals surface area contributed by atoms with Gasteiger partial charge in [0, 0.05) is 12.0 Å². The van der Waals surface area contributed by atoms with Crippen LogP contribution in [0.1, 0.15) is 34.1 Å². The molecule has 0 saturated heterocycles. The van der Waals surface area contributed by atoms with Crippen LogP contribution in [0.2, 0.25) is 0 Å². The van der Waals surface area contributed by atoms with E-state index in [1.807, 2.05) is 0 Å². The Labute approximate surface area is 96.7 Å². The average molecular weight is 234 g/mol. The Morgan fingerprint density at radius 2 is 1.94 bits per heavy atom. The fourth-order valence-electron chi connectivity index (χ4n) is 2.02. The Kier molecular flexibility index (Phi) is 2.36. The zero-order valence-corrected chi connectivity index (χ0v) is 9.06. The van der Waals surface area contributed by atoms with Gasteiger partial charge in [-0.15, -0.1) is 0 Å². The lowest BCUT2D eigenvalue weighted by Crippen LogP contribution is -2.42. The summed E-state index contributed by atoms with van der Waals surface area (Å²) in [4.78, 5) is 34.8. The molecular formula is C12H10O5. The summed E-state index contributed by atoms with van der Waals surface area (Å²) >= 11 is 0. The Morgan fingerprint density at radius 1 is 1.29 bits per heavy atom. The number of aliphatic hydroxyl groups is 1. The van der Waals surface area contributed by atoms with Gasteiger partial charge in [0.1, 0.15) is 11.5 Å². The molecule has 0 aliphatic heterocycles. The highest BCUT2D eigenvalue weighted by molar-refractivity contribution is 6.33. The van der Waals surface area contributed by atoms with Crippen LogP contribution in [0.4, 0.5) is 0 Å². The summed E-state index contributed by atoms with van der Waals surface area (Å²) in [6, 6.07) is 4.00. The van der Waals surface area contributed by atoms with Crippen LogP contribution in [0.5, 0.6) is 5.75 Å². The SMILES string of the molecule is CC(=O)CC1(O)C(=O)c2cccc(O)c2C1=O. The van der Waals surface area contributed by atoms with Gasteiger partial charge >= 0.3 is 0 Å². The van der Waals surface area contributed by atoms with E-state index in [-0.39, 0.29) is 16.9 Å². The van der Waals surface area contributed by atoms with Gasteiger partial charge in [-0.25, -0.2) is 0 Å². The fourth-order valence-corrected chi connectivity index (χ4v) is 2.02. The third-order valence-corrected chi connectivity index (χ3v) is 2.77. The smallest absolute Gasteiger partial charge is 0.207 e. The monoisotopic (exact) mass is 234 g/mol. The van der Waals surface area contributed by atoms with Gasteiger partial charge in [0.15, 0.2) is 5.60 Å². The molecule has 1 atom stereocenters. The first-order valence-corrected chi connectivity index (χ1v) is 5.01. The summed E-state index contributed by atoms with van der Waals surface area (Å²) < 4.78 is 0. The minimum absolute atomic E-state index is 0.0428. The number of phenolic OH excluding ortho intramolecular Hbond substituents is 1. The van der Waals surface area contributed by atoms with E-state index in [9.17, 15) is 24.6 Å². The third-order valence-electron chi connectivity index (χ3n) is 2.77. The maximum absolute atomic E-state index is 11.9. The van der Waals surface area contributed by atoms with Crippen LogP contribution in [-0.4, -0.2) is 33.2 Å². The standard InChI is InChI=1S/C12H10O5/c1-6(13)5-12(17)10(15)7-3-2-4-8(14)9(7)11(12)16/h2-4,14,17H,5H2,1H3. The first-order valence-electron chi connectivity index (χ1n) is 5.01. The molecule has 0 heterocycles. The molecule has 0 radical (unpaired) electrons. The van der Waals surface area contributed by atoms with Gasteiger partial charge in [-0.05, 0) is 13.0 Å². The molecule has 17 heavy (non-hydrogen) atoms. The molecule has 1 aromatic carbocycles. The quantitative estimate of drug-likeness (QED) is 0.726. The van der Waals surface area contributed by atoms with E-state index in [0.717, 1.165) is 0 Å². The highest BCUT2D eigenvalue weighted by atomic mass is 16.3. The molecule has 0 aromatic heterocycles. The molecule has 1 aliphatic carbocycles. The number of fused-ring (bicyclic) bond motifs is 1. The number of phenols is 1. The first-order chi connectivity index (χ1) is 7.88. The lowest BCUT2D eigenvalue weighted by Gasteiger charge is -2.16. The Bertz CT molecular complexity index is 546. The Morgan fingerprint density at radius 3 is 2.47 bits per heavy atom. The predicted octanol–water partition coefficient (Wildman–Crippen LogP) is 0.481. The maximum Gasteiger partial charge on any atom is 0.207 e. The molecule has 1 aromatic rings. The average Bonchev–Trinajstić information content (AvgIpc) is 2.42. The van der Waals surface area contributed by atoms with Crippen LogP contribution >= 0.6 is 0 Å². The van der Waals surface area contributed by atoms with Gasteiger partial charge in [-0.2, -0.15) is 0 Å². The van der Waals surface area contributed by atoms with Crippen LogP contribution < -0.4 is 0 Å². The van der Waals surface area contributed by atoms with Crippen molar-refractivity contribution in [3.63, 3.8) is 0 Å². The molecule has 5 heteroatoms. The minimum atomic E-state index is -2.35. The zero-order valence-electron chi connectivity index (χ0n) is 9.06. The molecule has 1 unspecified atom stereocenters. The number of benzene rings is 1. The van der Waals surface area contributed by atoms with Crippen LogP contribution in [0, 0.1) is 0 Å². The lowest BCUT2D eigenvalue weighted by molar-refractivity contribution is -0.119. The second kappa shape index (κ2) is 3.49. The van der Waals surface area contributed by atoms with Gasteiger partial charge in [-0.1, -0.05) is 12.1 Å². The van der Waals surface area contributed by atoms with E-state index in [1.54, 1.807) is 0 Å². The third kappa shape index (κ3) is 1.47. The molecule has 2 N–H and O–H groups in total. The van der Waals surface area contributed by atoms with Crippen molar-refractivity contribution in [2.45, 2.75) is 18.9 Å². The number of carbonyl (C=O) groups is 3. The molecule has 0 saturated carbocycles. The van der Waals surface area contributed by atoms with Gasteiger partial charge in [0.05, 0.1) is 5.56 Å². The highest BCUT2D eigenvalue weighted by Crippen LogP contribution is 2.37. The summed E-state index contributed by atoms with van der Waals surface area (Å²) in [5, 5.41) is 19.5. The summed E-state index contributed by atoms with van der Waals surface area (Å²) in [7, 11) is 0. The normalized spacial score (nSPS) is 22.7. The first kappa shape index (κ1) is 11.5. The number of carbonyl (C=O) groups excluding carboxylic acids is 3. The van der Waals surface area contributed by atoms with Gasteiger partial charge < -0.3 is 10.2 Å². The molecule has 0 amide bonds. The molecule has 88 valence electrons. The molecular weight excluding hydrogens is 224 g/mol. The number of ketones is 3. The number of rotatable bonds is 2. The van der Waals surface area contributed by atoms with Crippen molar-refractivity contribution >= 4 is 17.3 Å². The van der Waals surface area contributed by atoms with E-state index >= 15 is 0 Å². The lowest BCUT2D eigenvalue weighted by atomic mass is 9.92. The largest absolute Gasteiger partial charge is 0.507 e. The summed E-state index contributed by atoms with van der Waals surface area (Å²) in [5.41, 5.74) is -2.60. The summed E-state index contributed by atoms with van der Waals surface area (Å²) in [6.45, 7) is 1.18. The van der Waals surface area contributed by atoms with E-state index in [1.165, 1.54) is 25.1 Å². The van der Waals surface area contributed by atoms with Crippen molar-refractivity contribution in [2.24, 2.45) is 0 Å². The maximum atomic E-state index is 11.9. The second-order valence-corrected chi connectivity index (χ2v) is 4.10. The topological polar surface area (TPSA) is 91.7 Å². The van der Waals surface area contributed by atoms with E-state index < -0.39 is 29.4 Å². The number of aromatic hydroxyl groups is 1. The van der Waals surface area contributed by atoms with Crippen molar-refractivity contribution in [2.75, 3.05) is 0 Å². The Hall–Kier alpha value is -2.01. The predicted molar refractivity (Wildman–Crippen MR) is 57.0 cm³/mol. The molecule has 5 nitrogen and oxygen atoms in total. The fraction of sp³-hybridized carbons (Fsp3) is 0.250. The van der Waals surface area contributed by atoms with Gasteiger partial charge in [-0.3, -0.25) is 14.4 Å². The molecule has 2 rings (SSSR count). The van der Waals surface area contributed by atoms with Crippen molar-refractivity contribution in [1.29, 1.82) is 0 Å². The van der Waals surface area contributed by atoms with Gasteiger partial charge in [0.25, 0.3) is 0 Å². The van der Waals surface area contributed by atoms with Crippen LogP contribution in [0.25, 0.3) is 0 Å². The molecule has 0 fully saturated rings. The van der Waals surface area contributed by atoms with E-state index in [4.69, 9.17) is 0 Å². The number of Topliss-reactive ketones (excluding diaryl/α,β-unsaturated/α-hetero) is 3. The van der Waals surface area contributed by atoms with Crippen LogP contribution in [0.15, 0.2) is 18.2 Å². The zero-order chi connectivity index (χ0) is 12.8. The van der Waals surface area contributed by atoms with Crippen molar-refractivity contribution in [3.8, 4) is 5.75 Å². The van der Waals surface area contributed by atoms with Crippen molar-refractivity contribution in [1.82, 2.24) is 0 Å². The van der Waals surface area contributed by atoms with E-state index in [2.05, 4.69) is 0 Å². The molecule has 0 spiro atoms. The summed E-state index contributed by atoms with van der Waals surface area (Å²) in [6.07, 6.45) is -0.571. The highest BCUT2D eigenvalue weighted by Gasteiger charge is 2.53. The Balaban J connectivity index is 2.60. The van der Waals surface area contributed by atoms with Crippen molar-refractivity contribution in [3.05, 3.63) is 29.3 Å². The minimum Gasteiger partial charge on any atom is -0.507 e. The number of hydrogen-bond acceptors (Lipinski definition) is 5. The van der Waals surface area contributed by atoms with Crippen LogP contribution in [-0.2, 0) is 4.79 Å². The van der Waals surface area contributed by atoms with E-state index in [0.29, 0.717) is 0 Å². The molecule has 1 aliphatic rings.